The van der Waals surface area contributed by atoms with Crippen molar-refractivity contribution in [2.75, 3.05) is 6.26 Å². The molecule has 0 fully saturated rings. The smallest absolute Gasteiger partial charge is 0.175 e. The molecular formula is C17H14FNO3S. The van der Waals surface area contributed by atoms with Gasteiger partial charge in [0, 0.05) is 11.8 Å². The van der Waals surface area contributed by atoms with Gasteiger partial charge in [-0.2, -0.15) is 0 Å². The van der Waals surface area contributed by atoms with Crippen LogP contribution in [0.1, 0.15) is 17.2 Å². The van der Waals surface area contributed by atoms with Gasteiger partial charge in [-0.1, -0.05) is 24.3 Å². The second kappa shape index (κ2) is 5.96. The molecule has 0 N–H and O–H groups in total. The number of sulfone groups is 1. The topological polar surface area (TPSA) is 55.7 Å². The highest BCUT2D eigenvalue weighted by molar-refractivity contribution is 7.90. The van der Waals surface area contributed by atoms with Crippen molar-refractivity contribution in [3.8, 4) is 0 Å². The second-order valence-electron chi connectivity index (χ2n) is 5.19. The van der Waals surface area contributed by atoms with E-state index in [1.54, 1.807) is 30.5 Å². The maximum Gasteiger partial charge on any atom is 0.175 e. The molecule has 0 spiro atoms. The van der Waals surface area contributed by atoms with E-state index in [0.717, 1.165) is 17.4 Å². The number of hydrogen-bond donors (Lipinski definition) is 0. The van der Waals surface area contributed by atoms with Gasteiger partial charge in [0.15, 0.2) is 15.9 Å². The zero-order valence-electron chi connectivity index (χ0n) is 12.3. The van der Waals surface area contributed by atoms with Crippen molar-refractivity contribution in [3.05, 3.63) is 71.7 Å². The molecule has 2 aromatic rings. The fourth-order valence-electron chi connectivity index (χ4n) is 2.18. The molecule has 6 heteroatoms. The molecule has 1 atom stereocenters. The lowest BCUT2D eigenvalue weighted by Gasteiger charge is -2.17. The molecule has 4 nitrogen and oxygen atoms in total. The second-order valence-corrected chi connectivity index (χ2v) is 7.20. The van der Waals surface area contributed by atoms with Crippen molar-refractivity contribution in [2.45, 2.75) is 11.0 Å². The number of ether oxygens (including phenoxy) is 1. The van der Waals surface area contributed by atoms with Crippen molar-refractivity contribution in [1.29, 1.82) is 0 Å². The highest BCUT2D eigenvalue weighted by Crippen LogP contribution is 2.26. The molecule has 0 saturated carbocycles. The molecule has 0 bridgehead atoms. The highest BCUT2D eigenvalue weighted by Gasteiger charge is 2.15. The van der Waals surface area contributed by atoms with Crippen molar-refractivity contribution < 1.29 is 17.5 Å². The van der Waals surface area contributed by atoms with Gasteiger partial charge in [0.05, 0.1) is 11.1 Å². The Bertz CT molecular complexity index is 869. The molecular weight excluding hydrogens is 317 g/mol. The average Bonchev–Trinajstić information content (AvgIpc) is 2.55. The summed E-state index contributed by atoms with van der Waals surface area (Å²) >= 11 is 0. The first kappa shape index (κ1) is 15.4. The SMILES string of the molecule is CS(=O)(=O)c1ccc(C2=COC(c3ccc(F)cc3)C=N2)cc1. The number of rotatable bonds is 3. The van der Waals surface area contributed by atoms with E-state index in [2.05, 4.69) is 4.99 Å². The molecule has 1 aliphatic rings. The van der Waals surface area contributed by atoms with E-state index in [-0.39, 0.29) is 16.8 Å². The molecule has 0 radical (unpaired) electrons. The Labute approximate surface area is 133 Å². The van der Waals surface area contributed by atoms with Gasteiger partial charge in [0.25, 0.3) is 0 Å². The molecule has 23 heavy (non-hydrogen) atoms. The summed E-state index contributed by atoms with van der Waals surface area (Å²) < 4.78 is 41.4. The van der Waals surface area contributed by atoms with E-state index in [0.29, 0.717) is 5.70 Å². The first-order chi connectivity index (χ1) is 10.9. The number of aliphatic imine (C=N–C) groups is 1. The van der Waals surface area contributed by atoms with Gasteiger partial charge in [-0.25, -0.2) is 12.8 Å². The van der Waals surface area contributed by atoms with E-state index >= 15 is 0 Å². The van der Waals surface area contributed by atoms with Gasteiger partial charge >= 0.3 is 0 Å². The Balaban J connectivity index is 1.77. The third-order valence-corrected chi connectivity index (χ3v) is 4.58. The molecule has 0 aromatic heterocycles. The van der Waals surface area contributed by atoms with Crippen LogP contribution in [-0.2, 0) is 14.6 Å². The van der Waals surface area contributed by atoms with Gasteiger partial charge < -0.3 is 4.74 Å². The highest BCUT2D eigenvalue weighted by atomic mass is 32.2. The summed E-state index contributed by atoms with van der Waals surface area (Å²) in [6.07, 6.45) is 3.95. The maximum absolute atomic E-state index is 12.9. The van der Waals surface area contributed by atoms with Crippen molar-refractivity contribution in [2.24, 2.45) is 4.99 Å². The monoisotopic (exact) mass is 331 g/mol. The van der Waals surface area contributed by atoms with Crippen molar-refractivity contribution >= 4 is 21.7 Å². The van der Waals surface area contributed by atoms with Crippen molar-refractivity contribution in [1.82, 2.24) is 0 Å². The normalized spacial score (nSPS) is 17.5. The van der Waals surface area contributed by atoms with Gasteiger partial charge in [-0.15, -0.1) is 0 Å². The van der Waals surface area contributed by atoms with E-state index < -0.39 is 9.84 Å². The molecule has 1 unspecified atom stereocenters. The van der Waals surface area contributed by atoms with Crippen LogP contribution in [0.25, 0.3) is 5.70 Å². The van der Waals surface area contributed by atoms with E-state index in [4.69, 9.17) is 4.74 Å². The summed E-state index contributed by atoms with van der Waals surface area (Å²) in [7, 11) is -3.22. The third kappa shape index (κ3) is 3.48. The Kier molecular flexibility index (Phi) is 4.00. The summed E-state index contributed by atoms with van der Waals surface area (Å²) in [5.74, 6) is -0.302. The summed E-state index contributed by atoms with van der Waals surface area (Å²) in [6, 6.07) is 12.5. The predicted octanol–water partition coefficient (Wildman–Crippen LogP) is 3.37. The zero-order chi connectivity index (χ0) is 16.4. The molecule has 0 amide bonds. The van der Waals surface area contributed by atoms with E-state index in [1.807, 2.05) is 0 Å². The Morgan fingerprint density at radius 2 is 1.70 bits per heavy atom. The van der Waals surface area contributed by atoms with Crippen LogP contribution in [-0.4, -0.2) is 20.9 Å². The third-order valence-electron chi connectivity index (χ3n) is 3.45. The number of benzene rings is 2. The Morgan fingerprint density at radius 3 is 2.22 bits per heavy atom. The Morgan fingerprint density at radius 1 is 1.04 bits per heavy atom. The largest absolute Gasteiger partial charge is 0.485 e. The molecule has 1 heterocycles. The predicted molar refractivity (Wildman–Crippen MR) is 86.2 cm³/mol. The van der Waals surface area contributed by atoms with Crippen LogP contribution in [0.4, 0.5) is 4.39 Å². The van der Waals surface area contributed by atoms with Gasteiger partial charge in [0.2, 0.25) is 0 Å². The van der Waals surface area contributed by atoms with Crippen LogP contribution in [0.15, 0.2) is 64.7 Å². The molecule has 1 aliphatic heterocycles. The Hall–Kier alpha value is -2.47. The first-order valence-corrected chi connectivity index (χ1v) is 8.78. The minimum atomic E-state index is -3.22. The average molecular weight is 331 g/mol. The van der Waals surface area contributed by atoms with Gasteiger partial charge in [-0.3, -0.25) is 4.99 Å². The van der Waals surface area contributed by atoms with E-state index in [9.17, 15) is 12.8 Å². The summed E-state index contributed by atoms with van der Waals surface area (Å²) in [5, 5.41) is 0. The summed E-state index contributed by atoms with van der Waals surface area (Å²) in [4.78, 5) is 4.60. The lowest BCUT2D eigenvalue weighted by atomic mass is 10.1. The van der Waals surface area contributed by atoms with Crippen LogP contribution >= 0.6 is 0 Å². The lowest BCUT2D eigenvalue weighted by Crippen LogP contribution is -2.06. The zero-order valence-corrected chi connectivity index (χ0v) is 13.1. The fourth-order valence-corrected chi connectivity index (χ4v) is 2.81. The fraction of sp³-hybridized carbons (Fsp3) is 0.118. The molecule has 3 rings (SSSR count). The molecule has 118 valence electrons. The van der Waals surface area contributed by atoms with Crippen molar-refractivity contribution in [3.63, 3.8) is 0 Å². The molecule has 2 aromatic carbocycles. The van der Waals surface area contributed by atoms with Gasteiger partial charge in [0.1, 0.15) is 17.8 Å². The maximum atomic E-state index is 12.9. The lowest BCUT2D eigenvalue weighted by molar-refractivity contribution is 0.208. The quantitative estimate of drug-likeness (QED) is 0.866. The van der Waals surface area contributed by atoms with Crippen LogP contribution in [0.3, 0.4) is 0 Å². The number of hydrogen-bond acceptors (Lipinski definition) is 4. The summed E-state index contributed by atoms with van der Waals surface area (Å²) in [5.41, 5.74) is 2.16. The molecule has 0 saturated heterocycles. The van der Waals surface area contributed by atoms with Crippen LogP contribution in [0.5, 0.6) is 0 Å². The van der Waals surface area contributed by atoms with E-state index in [1.165, 1.54) is 30.5 Å². The number of halogens is 1. The summed E-state index contributed by atoms with van der Waals surface area (Å²) in [6.45, 7) is 0. The first-order valence-electron chi connectivity index (χ1n) is 6.89. The van der Waals surface area contributed by atoms with Crippen LogP contribution < -0.4 is 0 Å². The van der Waals surface area contributed by atoms with Crippen LogP contribution in [0.2, 0.25) is 0 Å². The minimum absolute atomic E-state index is 0.256. The van der Waals surface area contributed by atoms with Crippen LogP contribution in [0, 0.1) is 5.82 Å². The number of nitrogens with zero attached hydrogens (tertiary/aromatic N) is 1. The minimum Gasteiger partial charge on any atom is -0.485 e. The van der Waals surface area contributed by atoms with Gasteiger partial charge in [-0.05, 0) is 29.8 Å². The standard InChI is InChI=1S/C17H14FNO3S/c1-23(20,21)15-8-4-12(5-9-15)16-11-22-17(10-19-16)13-2-6-14(18)7-3-13/h2-11,17H,1H3. The molecule has 0 aliphatic carbocycles.